The number of hydrogen-bond donors (Lipinski definition) is 1. The summed E-state index contributed by atoms with van der Waals surface area (Å²) in [6.45, 7) is 6.04. The van der Waals surface area contributed by atoms with Crippen LogP contribution in [0.15, 0.2) is 35.7 Å². The molecule has 0 fully saturated rings. The normalized spacial score (nSPS) is 11.7. The van der Waals surface area contributed by atoms with Gasteiger partial charge in [0.1, 0.15) is 0 Å². The van der Waals surface area contributed by atoms with Crippen molar-refractivity contribution >= 4 is 15.7 Å². The Hall–Kier alpha value is -1.33. The summed E-state index contributed by atoms with van der Waals surface area (Å²) in [5.74, 6) is 0. The molecule has 0 spiro atoms. The lowest BCUT2D eigenvalue weighted by Crippen LogP contribution is -2.28. The van der Waals surface area contributed by atoms with E-state index in [0.29, 0.717) is 23.5 Å². The van der Waals surface area contributed by atoms with Crippen LogP contribution >= 0.6 is 0 Å². The molecule has 0 bridgehead atoms. The van der Waals surface area contributed by atoms with Crippen molar-refractivity contribution in [3.05, 3.63) is 36.4 Å². The molecule has 0 atom stereocenters. The number of nitrogens with zero attached hydrogens (tertiary/aromatic N) is 1. The van der Waals surface area contributed by atoms with E-state index in [-0.39, 0.29) is 0 Å². The Bertz CT molecular complexity index is 538. The molecule has 0 aromatic heterocycles. The van der Waals surface area contributed by atoms with E-state index in [1.807, 2.05) is 6.92 Å². The third kappa shape index (κ3) is 3.81. The van der Waals surface area contributed by atoms with Gasteiger partial charge in [0.15, 0.2) is 0 Å². The van der Waals surface area contributed by atoms with E-state index in [2.05, 4.69) is 6.58 Å². The van der Waals surface area contributed by atoms with E-state index in [9.17, 15) is 8.42 Å². The average Bonchev–Trinajstić information content (AvgIpc) is 2.38. The maximum atomic E-state index is 12.5. The van der Waals surface area contributed by atoms with Gasteiger partial charge in [0.2, 0.25) is 10.0 Å². The monoisotopic (exact) mass is 282 g/mol. The third-order valence-corrected chi connectivity index (χ3v) is 4.98. The summed E-state index contributed by atoms with van der Waals surface area (Å²) in [7, 11) is -1.87. The standard InChI is InChI=1S/C14H22N2O2S/c1-4-6-7-10-16(3)19(17,18)14-11-13(15)9-8-12(14)5-2/h4,8-9,11H,1,5-7,10,15H2,2-3H3. The Morgan fingerprint density at radius 2 is 2.11 bits per heavy atom. The number of nitrogen functional groups attached to an aromatic ring is 1. The number of benzene rings is 1. The van der Waals surface area contributed by atoms with Crippen LogP contribution < -0.4 is 5.73 Å². The number of nitrogens with two attached hydrogens (primary N) is 1. The van der Waals surface area contributed by atoms with Gasteiger partial charge in [-0.05, 0) is 37.0 Å². The highest BCUT2D eigenvalue weighted by Crippen LogP contribution is 2.23. The SMILES string of the molecule is C=CCCCN(C)S(=O)(=O)c1cc(N)ccc1CC. The fraction of sp³-hybridized carbons (Fsp3) is 0.429. The number of aryl methyl sites for hydroxylation is 1. The van der Waals surface area contributed by atoms with Crippen molar-refractivity contribution in [1.82, 2.24) is 4.31 Å². The van der Waals surface area contributed by atoms with E-state index in [1.54, 1.807) is 25.3 Å². The summed E-state index contributed by atoms with van der Waals surface area (Å²) >= 11 is 0. The molecule has 0 saturated carbocycles. The summed E-state index contributed by atoms with van der Waals surface area (Å²) in [6.07, 6.45) is 4.02. The molecule has 0 heterocycles. The largest absolute Gasteiger partial charge is 0.399 e. The molecule has 4 nitrogen and oxygen atoms in total. The van der Waals surface area contributed by atoms with Crippen molar-refractivity contribution < 1.29 is 8.42 Å². The highest BCUT2D eigenvalue weighted by Gasteiger charge is 2.23. The number of sulfonamides is 1. The van der Waals surface area contributed by atoms with Crippen molar-refractivity contribution in [3.8, 4) is 0 Å². The number of hydrogen-bond acceptors (Lipinski definition) is 3. The summed E-state index contributed by atoms with van der Waals surface area (Å²) in [5.41, 5.74) is 6.97. The molecule has 19 heavy (non-hydrogen) atoms. The zero-order valence-electron chi connectivity index (χ0n) is 11.6. The van der Waals surface area contributed by atoms with Gasteiger partial charge in [-0.3, -0.25) is 0 Å². The minimum atomic E-state index is -3.47. The molecule has 106 valence electrons. The first-order valence-corrected chi connectivity index (χ1v) is 7.83. The van der Waals surface area contributed by atoms with E-state index >= 15 is 0 Å². The number of anilines is 1. The predicted molar refractivity (Wildman–Crippen MR) is 79.5 cm³/mol. The second kappa shape index (κ2) is 6.73. The second-order valence-electron chi connectivity index (χ2n) is 4.48. The quantitative estimate of drug-likeness (QED) is 0.474. The third-order valence-electron chi connectivity index (χ3n) is 3.04. The van der Waals surface area contributed by atoms with Crippen LogP contribution in [0.2, 0.25) is 0 Å². The van der Waals surface area contributed by atoms with E-state index < -0.39 is 10.0 Å². The van der Waals surface area contributed by atoms with Gasteiger partial charge in [0.25, 0.3) is 0 Å². The molecule has 5 heteroatoms. The molecule has 1 rings (SSSR count). The summed E-state index contributed by atoms with van der Waals surface area (Å²) in [4.78, 5) is 0.316. The lowest BCUT2D eigenvalue weighted by molar-refractivity contribution is 0.462. The summed E-state index contributed by atoms with van der Waals surface area (Å²) < 4.78 is 26.4. The van der Waals surface area contributed by atoms with Gasteiger partial charge in [0, 0.05) is 19.3 Å². The molecule has 0 unspecified atom stereocenters. The first kappa shape index (κ1) is 15.7. The lowest BCUT2D eigenvalue weighted by atomic mass is 10.1. The number of unbranched alkanes of at least 4 members (excludes halogenated alkanes) is 1. The Balaban J connectivity index is 3.05. The minimum Gasteiger partial charge on any atom is -0.399 e. The summed E-state index contributed by atoms with van der Waals surface area (Å²) in [6, 6.07) is 5.05. The van der Waals surface area contributed by atoms with Crippen LogP contribution in [-0.4, -0.2) is 26.3 Å². The van der Waals surface area contributed by atoms with Crippen LogP contribution in [0.25, 0.3) is 0 Å². The van der Waals surface area contributed by atoms with Gasteiger partial charge in [-0.2, -0.15) is 0 Å². The van der Waals surface area contributed by atoms with Crippen molar-refractivity contribution in [2.24, 2.45) is 0 Å². The maximum absolute atomic E-state index is 12.5. The first-order valence-electron chi connectivity index (χ1n) is 6.39. The summed E-state index contributed by atoms with van der Waals surface area (Å²) in [5, 5.41) is 0. The molecule has 0 aliphatic heterocycles. The van der Waals surface area contributed by atoms with Gasteiger partial charge in [-0.15, -0.1) is 6.58 Å². The zero-order chi connectivity index (χ0) is 14.5. The molecule has 0 saturated heterocycles. The van der Waals surface area contributed by atoms with Crippen LogP contribution in [0.5, 0.6) is 0 Å². The van der Waals surface area contributed by atoms with Crippen LogP contribution in [0.3, 0.4) is 0 Å². The molecule has 0 aliphatic rings. The molecule has 2 N–H and O–H groups in total. The van der Waals surface area contributed by atoms with Crippen LogP contribution in [0.4, 0.5) is 5.69 Å². The molecule has 1 aromatic rings. The number of rotatable bonds is 7. The average molecular weight is 282 g/mol. The molecule has 1 aromatic carbocycles. The van der Waals surface area contributed by atoms with Crippen molar-refractivity contribution in [1.29, 1.82) is 0 Å². The highest BCUT2D eigenvalue weighted by atomic mass is 32.2. The fourth-order valence-electron chi connectivity index (χ4n) is 1.85. The van der Waals surface area contributed by atoms with Gasteiger partial charge >= 0.3 is 0 Å². The van der Waals surface area contributed by atoms with E-state index in [0.717, 1.165) is 18.4 Å². The van der Waals surface area contributed by atoms with Gasteiger partial charge in [-0.25, -0.2) is 12.7 Å². The molecule has 0 radical (unpaired) electrons. The van der Waals surface area contributed by atoms with Gasteiger partial charge in [-0.1, -0.05) is 19.1 Å². The molecular formula is C14H22N2O2S. The highest BCUT2D eigenvalue weighted by molar-refractivity contribution is 7.89. The molecule has 0 amide bonds. The minimum absolute atomic E-state index is 0.316. The molecule has 0 aliphatic carbocycles. The zero-order valence-corrected chi connectivity index (χ0v) is 12.4. The lowest BCUT2D eigenvalue weighted by Gasteiger charge is -2.19. The topological polar surface area (TPSA) is 63.4 Å². The molecular weight excluding hydrogens is 260 g/mol. The van der Waals surface area contributed by atoms with Crippen molar-refractivity contribution in [2.75, 3.05) is 19.3 Å². The van der Waals surface area contributed by atoms with Crippen LogP contribution in [0.1, 0.15) is 25.3 Å². The second-order valence-corrected chi connectivity index (χ2v) is 6.49. The van der Waals surface area contributed by atoms with Gasteiger partial charge in [0.05, 0.1) is 4.90 Å². The predicted octanol–water partition coefficient (Wildman–Crippen LogP) is 2.42. The first-order chi connectivity index (χ1) is 8.93. The Morgan fingerprint density at radius 1 is 1.42 bits per heavy atom. The smallest absolute Gasteiger partial charge is 0.243 e. The van der Waals surface area contributed by atoms with Gasteiger partial charge < -0.3 is 5.73 Å². The van der Waals surface area contributed by atoms with Crippen molar-refractivity contribution in [3.63, 3.8) is 0 Å². The fourth-order valence-corrected chi connectivity index (χ4v) is 3.38. The van der Waals surface area contributed by atoms with Crippen LogP contribution in [-0.2, 0) is 16.4 Å². The van der Waals surface area contributed by atoms with Crippen LogP contribution in [0, 0.1) is 0 Å². The maximum Gasteiger partial charge on any atom is 0.243 e. The number of allylic oxidation sites excluding steroid dienone is 1. The van der Waals surface area contributed by atoms with E-state index in [4.69, 9.17) is 5.73 Å². The Morgan fingerprint density at radius 3 is 2.68 bits per heavy atom. The van der Waals surface area contributed by atoms with E-state index in [1.165, 1.54) is 10.4 Å². The van der Waals surface area contributed by atoms with Crippen molar-refractivity contribution in [2.45, 2.75) is 31.1 Å². The Labute approximate surface area is 116 Å². The Kier molecular flexibility index (Phi) is 5.57.